The molecule has 0 spiro atoms. The second kappa shape index (κ2) is 5.87. The third-order valence-electron chi connectivity index (χ3n) is 2.70. The van der Waals surface area contributed by atoms with Crippen LogP contribution in [0, 0.1) is 29.6 Å². The van der Waals surface area contributed by atoms with Crippen LogP contribution in [0.4, 0.5) is 0 Å². The van der Waals surface area contributed by atoms with Crippen molar-refractivity contribution in [2.45, 2.75) is 20.4 Å². The molecule has 0 aliphatic heterocycles. The maximum absolute atomic E-state index is 12.3. The highest BCUT2D eigenvalue weighted by Crippen LogP contribution is 2.15. The Balaban J connectivity index is 2.81. The quantitative estimate of drug-likeness (QED) is 0.840. The van der Waals surface area contributed by atoms with Crippen LogP contribution in [0.15, 0.2) is 16.9 Å². The Labute approximate surface area is 123 Å². The molecule has 0 aliphatic rings. The van der Waals surface area contributed by atoms with Crippen molar-refractivity contribution in [2.75, 3.05) is 0 Å². The first kappa shape index (κ1) is 14.3. The lowest BCUT2D eigenvalue weighted by atomic mass is 10.4. The van der Waals surface area contributed by atoms with Gasteiger partial charge in [0.1, 0.15) is 16.8 Å². The fourth-order valence-corrected chi connectivity index (χ4v) is 3.78. The molecule has 6 heteroatoms. The molecule has 0 amide bonds. The molecular formula is C14H11N3OS2. The lowest BCUT2D eigenvalue weighted by molar-refractivity contribution is 0.722. The van der Waals surface area contributed by atoms with E-state index in [1.54, 1.807) is 11.3 Å². The molecule has 2 heterocycles. The van der Waals surface area contributed by atoms with E-state index in [1.807, 2.05) is 44.2 Å². The van der Waals surface area contributed by atoms with Crippen LogP contribution in [0.1, 0.15) is 16.7 Å². The van der Waals surface area contributed by atoms with Crippen molar-refractivity contribution in [2.24, 2.45) is 0 Å². The molecule has 2 rings (SSSR count). The van der Waals surface area contributed by atoms with Crippen LogP contribution in [0.5, 0.6) is 0 Å². The first-order chi connectivity index (χ1) is 9.60. The van der Waals surface area contributed by atoms with Gasteiger partial charge in [0, 0.05) is 16.3 Å². The van der Waals surface area contributed by atoms with Gasteiger partial charge in [-0.2, -0.15) is 10.5 Å². The predicted octanol–water partition coefficient (Wildman–Crippen LogP) is 1.33. The van der Waals surface area contributed by atoms with Crippen LogP contribution >= 0.6 is 22.7 Å². The molecule has 0 bridgehead atoms. The summed E-state index contributed by atoms with van der Waals surface area (Å²) in [5.41, 5.74) is -0.169. The highest BCUT2D eigenvalue weighted by molar-refractivity contribution is 7.13. The number of rotatable bonds is 2. The largest absolute Gasteiger partial charge is 0.298 e. The summed E-state index contributed by atoms with van der Waals surface area (Å²) >= 11 is 2.79. The SMILES string of the molecule is CCn1c(=C(C#N)C#N)s/c(=C/c2ccc(C)s2)c1=O. The van der Waals surface area contributed by atoms with E-state index < -0.39 is 0 Å². The van der Waals surface area contributed by atoms with E-state index in [1.165, 1.54) is 20.8 Å². The minimum atomic E-state index is -0.151. The second-order valence-corrected chi connectivity index (χ2v) is 6.36. The summed E-state index contributed by atoms with van der Waals surface area (Å²) in [6.45, 7) is 4.27. The Morgan fingerprint density at radius 3 is 2.55 bits per heavy atom. The molecule has 2 aromatic rings. The Morgan fingerprint density at radius 1 is 1.35 bits per heavy atom. The van der Waals surface area contributed by atoms with Gasteiger partial charge in [-0.15, -0.1) is 22.7 Å². The number of aromatic nitrogens is 1. The predicted molar refractivity (Wildman–Crippen MR) is 80.8 cm³/mol. The summed E-state index contributed by atoms with van der Waals surface area (Å²) in [5.74, 6) is 0. The Bertz CT molecular complexity index is 884. The van der Waals surface area contributed by atoms with E-state index in [4.69, 9.17) is 10.5 Å². The fourth-order valence-electron chi connectivity index (χ4n) is 1.77. The van der Waals surface area contributed by atoms with Gasteiger partial charge in [-0.05, 0) is 32.1 Å². The minimum absolute atomic E-state index is 0.0176. The van der Waals surface area contributed by atoms with Crippen molar-refractivity contribution >= 4 is 34.3 Å². The number of hydrogen-bond acceptors (Lipinski definition) is 5. The van der Waals surface area contributed by atoms with E-state index in [2.05, 4.69) is 0 Å². The Hall–Kier alpha value is -2.15. The van der Waals surface area contributed by atoms with Crippen LogP contribution in [-0.4, -0.2) is 4.57 Å². The molecule has 4 nitrogen and oxygen atoms in total. The van der Waals surface area contributed by atoms with Crippen LogP contribution in [0.2, 0.25) is 0 Å². The number of thiophene rings is 1. The lowest BCUT2D eigenvalue weighted by Gasteiger charge is -1.93. The zero-order valence-electron chi connectivity index (χ0n) is 11.0. The van der Waals surface area contributed by atoms with Crippen molar-refractivity contribution in [1.29, 1.82) is 10.5 Å². The summed E-state index contributed by atoms with van der Waals surface area (Å²) in [7, 11) is 0. The van der Waals surface area contributed by atoms with Gasteiger partial charge in [0.25, 0.3) is 5.56 Å². The van der Waals surface area contributed by atoms with Crippen LogP contribution in [-0.2, 0) is 6.54 Å². The van der Waals surface area contributed by atoms with Crippen molar-refractivity contribution in [1.82, 2.24) is 4.57 Å². The maximum atomic E-state index is 12.3. The molecule has 2 aromatic heterocycles. The lowest BCUT2D eigenvalue weighted by Crippen LogP contribution is -2.31. The third kappa shape index (κ3) is 2.57. The van der Waals surface area contributed by atoms with E-state index in [9.17, 15) is 4.79 Å². The smallest absolute Gasteiger partial charge is 0.269 e. The van der Waals surface area contributed by atoms with E-state index in [-0.39, 0.29) is 11.1 Å². The van der Waals surface area contributed by atoms with E-state index in [0.29, 0.717) is 15.7 Å². The zero-order chi connectivity index (χ0) is 14.7. The highest BCUT2D eigenvalue weighted by Gasteiger charge is 2.07. The number of aryl methyl sites for hydroxylation is 1. The molecule has 0 N–H and O–H groups in total. The summed E-state index contributed by atoms with van der Waals surface area (Å²) in [6, 6.07) is 7.64. The van der Waals surface area contributed by atoms with Crippen molar-refractivity contribution < 1.29 is 0 Å². The average molecular weight is 301 g/mol. The third-order valence-corrected chi connectivity index (χ3v) is 4.77. The van der Waals surface area contributed by atoms with E-state index in [0.717, 1.165) is 4.88 Å². The number of thiazole rings is 1. The average Bonchev–Trinajstić information content (AvgIpc) is 2.97. The fraction of sp³-hybridized carbons (Fsp3) is 0.214. The maximum Gasteiger partial charge on any atom is 0.269 e. The van der Waals surface area contributed by atoms with Gasteiger partial charge in [0.05, 0.1) is 4.53 Å². The molecule has 0 aromatic carbocycles. The van der Waals surface area contributed by atoms with E-state index >= 15 is 0 Å². The van der Waals surface area contributed by atoms with Gasteiger partial charge in [-0.1, -0.05) is 0 Å². The molecule has 20 heavy (non-hydrogen) atoms. The Kier molecular flexibility index (Phi) is 4.19. The molecule has 0 unspecified atom stereocenters. The second-order valence-electron chi connectivity index (χ2n) is 4.01. The van der Waals surface area contributed by atoms with Crippen LogP contribution in [0.3, 0.4) is 0 Å². The van der Waals surface area contributed by atoms with Crippen molar-refractivity contribution in [3.63, 3.8) is 0 Å². The van der Waals surface area contributed by atoms with Gasteiger partial charge in [-0.25, -0.2) is 0 Å². The standard InChI is InChI=1S/C14H11N3OS2/c1-3-17-13(18)12(6-11-5-4-9(2)19-11)20-14(17)10(7-15)8-16/h4-6H,3H2,1-2H3/b12-6+. The highest BCUT2D eigenvalue weighted by atomic mass is 32.1. The molecule has 100 valence electrons. The minimum Gasteiger partial charge on any atom is -0.298 e. The number of hydrogen-bond donors (Lipinski definition) is 0. The van der Waals surface area contributed by atoms with Crippen molar-refractivity contribution in [3.05, 3.63) is 41.4 Å². The van der Waals surface area contributed by atoms with Gasteiger partial charge >= 0.3 is 0 Å². The molecular weight excluding hydrogens is 290 g/mol. The molecule has 0 aliphatic carbocycles. The molecule has 0 atom stereocenters. The van der Waals surface area contributed by atoms with Gasteiger partial charge in [0.2, 0.25) is 0 Å². The normalized spacial score (nSPS) is 11.1. The summed E-state index contributed by atoms with van der Waals surface area (Å²) in [6.07, 6.45) is 1.81. The zero-order valence-corrected chi connectivity index (χ0v) is 12.6. The first-order valence-electron chi connectivity index (χ1n) is 5.93. The van der Waals surface area contributed by atoms with Crippen LogP contribution in [0.25, 0.3) is 11.6 Å². The molecule has 0 saturated heterocycles. The van der Waals surface area contributed by atoms with Gasteiger partial charge in [-0.3, -0.25) is 9.36 Å². The Morgan fingerprint density at radius 2 is 2.05 bits per heavy atom. The van der Waals surface area contributed by atoms with Gasteiger partial charge in [0.15, 0.2) is 5.57 Å². The van der Waals surface area contributed by atoms with Crippen molar-refractivity contribution in [3.8, 4) is 12.1 Å². The van der Waals surface area contributed by atoms with Crippen LogP contribution < -0.4 is 14.8 Å². The molecule has 0 radical (unpaired) electrons. The summed E-state index contributed by atoms with van der Waals surface area (Å²) in [5, 5.41) is 17.9. The number of nitrogens with zero attached hydrogens (tertiary/aromatic N) is 3. The monoisotopic (exact) mass is 301 g/mol. The summed E-state index contributed by atoms with van der Waals surface area (Å²) < 4.78 is 2.45. The molecule has 0 saturated carbocycles. The first-order valence-corrected chi connectivity index (χ1v) is 7.56. The summed E-state index contributed by atoms with van der Waals surface area (Å²) in [4.78, 5) is 14.4. The molecule has 0 fully saturated rings. The van der Waals surface area contributed by atoms with Gasteiger partial charge < -0.3 is 0 Å². The topological polar surface area (TPSA) is 69.6 Å². The number of nitriles is 2.